The van der Waals surface area contributed by atoms with E-state index in [-0.39, 0.29) is 0 Å². The topological polar surface area (TPSA) is 38.0 Å². The molecule has 0 unspecified atom stereocenters. The van der Waals surface area contributed by atoms with Crippen LogP contribution >= 0.6 is 22.9 Å². The van der Waals surface area contributed by atoms with Crippen molar-refractivity contribution in [2.24, 2.45) is 0 Å². The number of anilines is 1. The quantitative estimate of drug-likeness (QED) is 0.500. The van der Waals surface area contributed by atoms with E-state index in [1.807, 2.05) is 22.9 Å². The van der Waals surface area contributed by atoms with Crippen LogP contribution in [0.1, 0.15) is 11.1 Å². The highest BCUT2D eigenvalue weighted by atomic mass is 127. The summed E-state index contributed by atoms with van der Waals surface area (Å²) in [5.74, 6) is 0. The first-order valence-electron chi connectivity index (χ1n) is 3.74. The van der Waals surface area contributed by atoms with Gasteiger partial charge in [0.05, 0.1) is 5.56 Å². The zero-order valence-corrected chi connectivity index (χ0v) is 9.19. The van der Waals surface area contributed by atoms with E-state index in [2.05, 4.69) is 3.53 Å². The van der Waals surface area contributed by atoms with Gasteiger partial charge in [-0.25, -0.2) is 0 Å². The van der Waals surface area contributed by atoms with Crippen molar-refractivity contribution in [2.45, 2.75) is 12.7 Å². The second-order valence-electron chi connectivity index (χ2n) is 2.72. The van der Waals surface area contributed by atoms with Crippen LogP contribution in [0, 0.1) is 0 Å². The van der Waals surface area contributed by atoms with Gasteiger partial charge in [0, 0.05) is 35.1 Å². The summed E-state index contributed by atoms with van der Waals surface area (Å²) in [6, 6.07) is 3.30. The molecule has 0 aliphatic heterocycles. The molecule has 0 saturated carbocycles. The lowest BCUT2D eigenvalue weighted by molar-refractivity contribution is -0.137. The van der Waals surface area contributed by atoms with Gasteiger partial charge in [-0.3, -0.25) is 3.53 Å². The van der Waals surface area contributed by atoms with Crippen molar-refractivity contribution in [3.63, 3.8) is 0 Å². The molecule has 0 aliphatic rings. The Morgan fingerprint density at radius 3 is 2.50 bits per heavy atom. The lowest BCUT2D eigenvalue weighted by Crippen LogP contribution is -2.08. The van der Waals surface area contributed by atoms with Gasteiger partial charge >= 0.3 is 6.18 Å². The molecule has 0 amide bonds. The molecule has 78 valence electrons. The SMILES string of the molecule is Nc1ccc(C(F)(F)F)cc1CNI. The van der Waals surface area contributed by atoms with Crippen molar-refractivity contribution < 1.29 is 13.2 Å². The van der Waals surface area contributed by atoms with Crippen LogP contribution in [0.5, 0.6) is 0 Å². The molecule has 0 saturated heterocycles. The Kier molecular flexibility index (Phi) is 3.59. The van der Waals surface area contributed by atoms with E-state index in [0.29, 0.717) is 17.8 Å². The summed E-state index contributed by atoms with van der Waals surface area (Å²) in [5.41, 5.74) is 5.65. The maximum absolute atomic E-state index is 12.3. The first-order chi connectivity index (χ1) is 6.45. The van der Waals surface area contributed by atoms with E-state index in [4.69, 9.17) is 5.73 Å². The molecule has 3 N–H and O–H groups in total. The summed E-state index contributed by atoms with van der Waals surface area (Å²) in [6.45, 7) is 0.316. The Morgan fingerprint density at radius 2 is 2.00 bits per heavy atom. The van der Waals surface area contributed by atoms with Crippen LogP contribution < -0.4 is 9.26 Å². The van der Waals surface area contributed by atoms with E-state index >= 15 is 0 Å². The predicted molar refractivity (Wildman–Crippen MR) is 56.7 cm³/mol. The molecule has 2 nitrogen and oxygen atoms in total. The van der Waals surface area contributed by atoms with E-state index < -0.39 is 11.7 Å². The minimum absolute atomic E-state index is 0.316. The van der Waals surface area contributed by atoms with Gasteiger partial charge < -0.3 is 5.73 Å². The molecule has 0 atom stereocenters. The second kappa shape index (κ2) is 4.35. The molecule has 1 rings (SSSR count). The van der Waals surface area contributed by atoms with Gasteiger partial charge in [0.1, 0.15) is 0 Å². The Bertz CT molecular complexity index is 325. The first-order valence-corrected chi connectivity index (χ1v) is 4.82. The molecule has 0 aromatic heterocycles. The summed E-state index contributed by atoms with van der Waals surface area (Å²) in [7, 11) is 0. The van der Waals surface area contributed by atoms with Crippen LogP contribution in [0.15, 0.2) is 18.2 Å². The van der Waals surface area contributed by atoms with Gasteiger partial charge in [0.15, 0.2) is 0 Å². The number of nitrogen functional groups attached to an aromatic ring is 1. The maximum Gasteiger partial charge on any atom is 0.416 e. The number of hydrogen-bond acceptors (Lipinski definition) is 2. The van der Waals surface area contributed by atoms with Crippen LogP contribution in [-0.2, 0) is 12.7 Å². The number of nitrogens with one attached hydrogen (secondary N) is 1. The predicted octanol–water partition coefficient (Wildman–Crippen LogP) is 2.73. The zero-order chi connectivity index (χ0) is 10.8. The highest BCUT2D eigenvalue weighted by Gasteiger charge is 2.30. The fourth-order valence-corrected chi connectivity index (χ4v) is 1.42. The molecular weight excluding hydrogens is 308 g/mol. The average molecular weight is 316 g/mol. The van der Waals surface area contributed by atoms with Gasteiger partial charge in [-0.1, -0.05) is 0 Å². The van der Waals surface area contributed by atoms with Gasteiger partial charge in [-0.05, 0) is 23.8 Å². The Balaban J connectivity index is 3.06. The fraction of sp³-hybridized carbons (Fsp3) is 0.250. The number of rotatable bonds is 2. The standard InChI is InChI=1S/C8H8F3IN2/c9-8(10,11)6-1-2-7(13)5(3-6)4-14-12/h1-3,14H,4,13H2. The first kappa shape index (κ1) is 11.6. The van der Waals surface area contributed by atoms with E-state index in [1.165, 1.54) is 6.07 Å². The molecule has 1 aromatic carbocycles. The van der Waals surface area contributed by atoms with Gasteiger partial charge in [0.25, 0.3) is 0 Å². The molecule has 0 aliphatic carbocycles. The lowest BCUT2D eigenvalue weighted by atomic mass is 10.1. The summed E-state index contributed by atoms with van der Waals surface area (Å²) < 4.78 is 39.6. The summed E-state index contributed by atoms with van der Waals surface area (Å²) in [6.07, 6.45) is -4.31. The Hall–Kier alpha value is -0.500. The second-order valence-corrected chi connectivity index (χ2v) is 3.48. The molecule has 0 fully saturated rings. The fourth-order valence-electron chi connectivity index (χ4n) is 1.01. The maximum atomic E-state index is 12.3. The monoisotopic (exact) mass is 316 g/mol. The summed E-state index contributed by atoms with van der Waals surface area (Å²) in [4.78, 5) is 0. The lowest BCUT2D eigenvalue weighted by Gasteiger charge is -2.10. The molecule has 0 bridgehead atoms. The number of hydrogen-bond donors (Lipinski definition) is 2. The molecule has 14 heavy (non-hydrogen) atoms. The molecule has 0 spiro atoms. The van der Waals surface area contributed by atoms with E-state index in [9.17, 15) is 13.2 Å². The third-order valence-electron chi connectivity index (χ3n) is 1.73. The smallest absolute Gasteiger partial charge is 0.398 e. The highest BCUT2D eigenvalue weighted by Crippen LogP contribution is 2.31. The normalized spacial score (nSPS) is 11.7. The summed E-state index contributed by atoms with van der Waals surface area (Å²) >= 11 is 1.85. The number of alkyl halides is 3. The van der Waals surface area contributed by atoms with Crippen LogP contribution in [0.25, 0.3) is 0 Å². The number of nitrogens with two attached hydrogens (primary N) is 1. The van der Waals surface area contributed by atoms with Crippen LogP contribution in [0.4, 0.5) is 18.9 Å². The number of benzene rings is 1. The van der Waals surface area contributed by atoms with Crippen molar-refractivity contribution in [1.29, 1.82) is 0 Å². The molecular formula is C8H8F3IN2. The van der Waals surface area contributed by atoms with Crippen LogP contribution in [0.2, 0.25) is 0 Å². The average Bonchev–Trinajstić information content (AvgIpc) is 2.07. The van der Waals surface area contributed by atoms with Crippen molar-refractivity contribution in [3.05, 3.63) is 29.3 Å². The van der Waals surface area contributed by atoms with Gasteiger partial charge in [-0.2, -0.15) is 13.2 Å². The van der Waals surface area contributed by atoms with E-state index in [1.54, 1.807) is 0 Å². The minimum atomic E-state index is -4.31. The minimum Gasteiger partial charge on any atom is -0.398 e. The van der Waals surface area contributed by atoms with Gasteiger partial charge in [0.2, 0.25) is 0 Å². The summed E-state index contributed by atoms with van der Waals surface area (Å²) in [5, 5.41) is 0. The molecule has 0 radical (unpaired) electrons. The third kappa shape index (κ3) is 2.74. The largest absolute Gasteiger partial charge is 0.416 e. The molecule has 1 aromatic rings. The van der Waals surface area contributed by atoms with Crippen molar-refractivity contribution in [1.82, 2.24) is 3.53 Å². The van der Waals surface area contributed by atoms with Crippen molar-refractivity contribution in [2.75, 3.05) is 5.73 Å². The number of halogens is 4. The van der Waals surface area contributed by atoms with Gasteiger partial charge in [-0.15, -0.1) is 0 Å². The third-order valence-corrected chi connectivity index (χ3v) is 2.11. The molecule has 0 heterocycles. The molecule has 6 heteroatoms. The van der Waals surface area contributed by atoms with Crippen LogP contribution in [0.3, 0.4) is 0 Å². The zero-order valence-electron chi connectivity index (χ0n) is 7.03. The van der Waals surface area contributed by atoms with Crippen molar-refractivity contribution in [3.8, 4) is 0 Å². The van der Waals surface area contributed by atoms with Crippen LogP contribution in [-0.4, -0.2) is 0 Å². The highest BCUT2D eigenvalue weighted by molar-refractivity contribution is 14.1. The van der Waals surface area contributed by atoms with E-state index in [0.717, 1.165) is 12.1 Å². The Morgan fingerprint density at radius 1 is 1.36 bits per heavy atom. The van der Waals surface area contributed by atoms with Crippen molar-refractivity contribution >= 4 is 28.6 Å². The Labute approximate surface area is 93.2 Å².